The van der Waals surface area contributed by atoms with E-state index in [-0.39, 0.29) is 0 Å². The molecule has 0 amide bonds. The molecular formula is C12H11NOS. The van der Waals surface area contributed by atoms with Crippen LogP contribution in [0.2, 0.25) is 0 Å². The van der Waals surface area contributed by atoms with Crippen molar-refractivity contribution in [3.8, 4) is 5.75 Å². The maximum Gasteiger partial charge on any atom is 0.143 e. The third kappa shape index (κ3) is 1.49. The number of benzene rings is 1. The van der Waals surface area contributed by atoms with E-state index < -0.39 is 0 Å². The summed E-state index contributed by atoms with van der Waals surface area (Å²) in [6, 6.07) is 10.3. The molecule has 0 atom stereocenters. The van der Waals surface area contributed by atoms with Crippen LogP contribution < -0.4 is 9.64 Å². The average Bonchev–Trinajstić information content (AvgIpc) is 2.82. The summed E-state index contributed by atoms with van der Waals surface area (Å²) < 4.78 is 5.61. The Morgan fingerprint density at radius 2 is 2.13 bits per heavy atom. The van der Waals surface area contributed by atoms with Crippen LogP contribution in [0.4, 0.5) is 11.4 Å². The zero-order valence-electron chi connectivity index (χ0n) is 8.22. The number of ether oxygens (including phenoxy) is 1. The standard InChI is InChI=1S/C12H11NOS/c1-2-4-12-11(3-1)13(6-7-14-12)10-5-8-15-9-10/h1-5,8-9H,6-7H2. The van der Waals surface area contributed by atoms with Crippen molar-refractivity contribution < 1.29 is 4.74 Å². The lowest BCUT2D eigenvalue weighted by atomic mass is 10.2. The number of fused-ring (bicyclic) bond motifs is 1. The molecule has 1 aromatic heterocycles. The highest BCUT2D eigenvalue weighted by atomic mass is 32.1. The molecule has 2 heterocycles. The minimum absolute atomic E-state index is 0.757. The SMILES string of the molecule is c1ccc2c(c1)OCCN2c1ccsc1. The van der Waals surface area contributed by atoms with Gasteiger partial charge in [0.2, 0.25) is 0 Å². The van der Waals surface area contributed by atoms with Crippen LogP contribution in [0, 0.1) is 0 Å². The minimum atomic E-state index is 0.757. The third-order valence-electron chi connectivity index (χ3n) is 2.55. The first kappa shape index (κ1) is 8.80. The maximum absolute atomic E-state index is 5.61. The van der Waals surface area contributed by atoms with Crippen LogP contribution in [0.1, 0.15) is 0 Å². The molecule has 0 fully saturated rings. The van der Waals surface area contributed by atoms with E-state index in [4.69, 9.17) is 4.74 Å². The van der Waals surface area contributed by atoms with Crippen molar-refractivity contribution >= 4 is 22.7 Å². The smallest absolute Gasteiger partial charge is 0.143 e. The minimum Gasteiger partial charge on any atom is -0.490 e. The second-order valence-corrected chi connectivity index (χ2v) is 4.23. The number of hydrogen-bond acceptors (Lipinski definition) is 3. The van der Waals surface area contributed by atoms with Crippen LogP contribution in [-0.2, 0) is 0 Å². The first-order valence-corrected chi connectivity index (χ1v) is 5.91. The Balaban J connectivity index is 2.06. The van der Waals surface area contributed by atoms with Crippen LogP contribution in [0.3, 0.4) is 0 Å². The van der Waals surface area contributed by atoms with Crippen molar-refractivity contribution in [3.63, 3.8) is 0 Å². The van der Waals surface area contributed by atoms with Gasteiger partial charge >= 0.3 is 0 Å². The average molecular weight is 217 g/mol. The Hall–Kier alpha value is -1.48. The predicted molar refractivity (Wildman–Crippen MR) is 63.3 cm³/mol. The lowest BCUT2D eigenvalue weighted by molar-refractivity contribution is 0.314. The van der Waals surface area contributed by atoms with Crippen molar-refractivity contribution in [1.29, 1.82) is 0 Å². The number of thiophene rings is 1. The van der Waals surface area contributed by atoms with Crippen LogP contribution in [-0.4, -0.2) is 13.2 Å². The van der Waals surface area contributed by atoms with Gasteiger partial charge in [0.05, 0.1) is 17.9 Å². The van der Waals surface area contributed by atoms with E-state index in [1.165, 1.54) is 11.4 Å². The highest BCUT2D eigenvalue weighted by molar-refractivity contribution is 7.08. The molecule has 0 aliphatic carbocycles. The Morgan fingerprint density at radius 3 is 3.00 bits per heavy atom. The summed E-state index contributed by atoms with van der Waals surface area (Å²) in [5, 5.41) is 4.27. The van der Waals surface area contributed by atoms with Crippen molar-refractivity contribution in [2.45, 2.75) is 0 Å². The molecule has 1 aromatic carbocycles. The second kappa shape index (κ2) is 3.59. The zero-order chi connectivity index (χ0) is 10.1. The van der Waals surface area contributed by atoms with Gasteiger partial charge in [0.15, 0.2) is 0 Å². The van der Waals surface area contributed by atoms with E-state index in [0.717, 1.165) is 18.9 Å². The van der Waals surface area contributed by atoms with Gasteiger partial charge in [0.25, 0.3) is 0 Å². The first-order chi connectivity index (χ1) is 7.45. The molecule has 0 spiro atoms. The number of para-hydroxylation sites is 2. The normalized spacial score (nSPS) is 14.5. The van der Waals surface area contributed by atoms with E-state index in [1.54, 1.807) is 11.3 Å². The quantitative estimate of drug-likeness (QED) is 0.727. The monoisotopic (exact) mass is 217 g/mol. The Morgan fingerprint density at radius 1 is 1.20 bits per heavy atom. The Labute approximate surface area is 92.7 Å². The molecule has 15 heavy (non-hydrogen) atoms. The molecule has 3 rings (SSSR count). The van der Waals surface area contributed by atoms with Crippen molar-refractivity contribution in [2.24, 2.45) is 0 Å². The number of nitrogens with zero attached hydrogens (tertiary/aromatic N) is 1. The fourth-order valence-corrected chi connectivity index (χ4v) is 2.49. The fourth-order valence-electron chi connectivity index (χ4n) is 1.85. The van der Waals surface area contributed by atoms with Crippen LogP contribution in [0.25, 0.3) is 0 Å². The van der Waals surface area contributed by atoms with Gasteiger partial charge in [0.1, 0.15) is 12.4 Å². The van der Waals surface area contributed by atoms with Crippen molar-refractivity contribution in [2.75, 3.05) is 18.1 Å². The summed E-state index contributed by atoms with van der Waals surface area (Å²) in [6.07, 6.45) is 0. The molecule has 3 heteroatoms. The molecule has 0 saturated heterocycles. The number of hydrogen-bond donors (Lipinski definition) is 0. The van der Waals surface area contributed by atoms with Gasteiger partial charge < -0.3 is 9.64 Å². The second-order valence-electron chi connectivity index (χ2n) is 3.45. The summed E-state index contributed by atoms with van der Waals surface area (Å²) in [6.45, 7) is 1.68. The van der Waals surface area contributed by atoms with Gasteiger partial charge in [-0.25, -0.2) is 0 Å². The van der Waals surface area contributed by atoms with Gasteiger partial charge in [-0.1, -0.05) is 12.1 Å². The van der Waals surface area contributed by atoms with E-state index in [1.807, 2.05) is 18.2 Å². The van der Waals surface area contributed by atoms with Gasteiger partial charge in [0, 0.05) is 5.38 Å². The topological polar surface area (TPSA) is 12.5 Å². The molecule has 1 aliphatic rings. The molecule has 0 bridgehead atoms. The molecule has 2 nitrogen and oxygen atoms in total. The summed E-state index contributed by atoms with van der Waals surface area (Å²) in [4.78, 5) is 2.30. The zero-order valence-corrected chi connectivity index (χ0v) is 9.04. The Bertz CT molecular complexity index is 452. The summed E-state index contributed by atoms with van der Waals surface area (Å²) >= 11 is 1.73. The lowest BCUT2D eigenvalue weighted by Crippen LogP contribution is -2.28. The van der Waals surface area contributed by atoms with Crippen LogP contribution in [0.15, 0.2) is 41.1 Å². The van der Waals surface area contributed by atoms with Crippen LogP contribution >= 0.6 is 11.3 Å². The van der Waals surface area contributed by atoms with E-state index >= 15 is 0 Å². The summed E-state index contributed by atoms with van der Waals surface area (Å²) in [5.74, 6) is 0.981. The Kier molecular flexibility index (Phi) is 2.10. The van der Waals surface area contributed by atoms with Gasteiger partial charge in [-0.15, -0.1) is 0 Å². The lowest BCUT2D eigenvalue weighted by Gasteiger charge is -2.30. The molecule has 0 radical (unpaired) electrons. The van der Waals surface area contributed by atoms with E-state index in [0.29, 0.717) is 0 Å². The molecular weight excluding hydrogens is 206 g/mol. The predicted octanol–water partition coefficient (Wildman–Crippen LogP) is 3.28. The van der Waals surface area contributed by atoms with Crippen molar-refractivity contribution in [3.05, 3.63) is 41.1 Å². The number of rotatable bonds is 1. The van der Waals surface area contributed by atoms with Gasteiger partial charge in [-0.2, -0.15) is 11.3 Å². The highest BCUT2D eigenvalue weighted by Crippen LogP contribution is 2.36. The molecule has 0 saturated carbocycles. The molecule has 76 valence electrons. The maximum atomic E-state index is 5.61. The van der Waals surface area contributed by atoms with E-state index in [2.05, 4.69) is 27.8 Å². The van der Waals surface area contributed by atoms with Crippen molar-refractivity contribution in [1.82, 2.24) is 0 Å². The first-order valence-electron chi connectivity index (χ1n) is 4.97. The summed E-state index contributed by atoms with van der Waals surface area (Å²) in [5.41, 5.74) is 2.43. The number of anilines is 2. The molecule has 2 aromatic rings. The van der Waals surface area contributed by atoms with Gasteiger partial charge in [-0.05, 0) is 23.6 Å². The van der Waals surface area contributed by atoms with Gasteiger partial charge in [-0.3, -0.25) is 0 Å². The molecule has 1 aliphatic heterocycles. The molecule has 0 N–H and O–H groups in total. The van der Waals surface area contributed by atoms with Crippen LogP contribution in [0.5, 0.6) is 5.75 Å². The highest BCUT2D eigenvalue weighted by Gasteiger charge is 2.18. The largest absolute Gasteiger partial charge is 0.490 e. The summed E-state index contributed by atoms with van der Waals surface area (Å²) in [7, 11) is 0. The van der Waals surface area contributed by atoms with E-state index in [9.17, 15) is 0 Å². The third-order valence-corrected chi connectivity index (χ3v) is 3.22. The fraction of sp³-hybridized carbons (Fsp3) is 0.167. The molecule has 0 unspecified atom stereocenters.